The number of aryl methyl sites for hydroxylation is 2. The molecule has 0 saturated carbocycles. The van der Waals surface area contributed by atoms with Crippen LogP contribution < -0.4 is 0 Å². The van der Waals surface area contributed by atoms with E-state index in [1.54, 1.807) is 0 Å². The van der Waals surface area contributed by atoms with Gasteiger partial charge in [0.2, 0.25) is 0 Å². The molecule has 1 aromatic carbocycles. The minimum absolute atomic E-state index is 0.483. The molecule has 3 rings (SSSR count). The number of rotatable bonds is 1. The van der Waals surface area contributed by atoms with Gasteiger partial charge in [-0.15, -0.1) is 10.2 Å². The summed E-state index contributed by atoms with van der Waals surface area (Å²) in [5.41, 5.74) is 2.20. The normalized spacial score (nSPS) is 19.1. The molecule has 1 aliphatic rings. The molecule has 0 amide bonds. The van der Waals surface area contributed by atoms with Crippen molar-refractivity contribution in [1.82, 2.24) is 14.8 Å². The molecular formula is C13H15N3O. The lowest BCUT2D eigenvalue weighted by Gasteiger charge is -2.21. The molecular weight excluding hydrogens is 214 g/mol. The van der Waals surface area contributed by atoms with E-state index in [0.29, 0.717) is 0 Å². The van der Waals surface area contributed by atoms with Gasteiger partial charge in [0.05, 0.1) is 0 Å². The molecule has 1 aliphatic heterocycles. The van der Waals surface area contributed by atoms with Crippen LogP contribution in [0.3, 0.4) is 0 Å². The number of hydrogen-bond acceptors (Lipinski definition) is 3. The van der Waals surface area contributed by atoms with Gasteiger partial charge >= 0.3 is 0 Å². The van der Waals surface area contributed by atoms with Crippen molar-refractivity contribution in [3.05, 3.63) is 35.7 Å². The Morgan fingerprint density at radius 3 is 2.94 bits per heavy atom. The molecule has 1 aromatic heterocycles. The minimum atomic E-state index is -0.483. The molecule has 0 radical (unpaired) electrons. The predicted molar refractivity (Wildman–Crippen MR) is 64.4 cm³/mol. The highest BCUT2D eigenvalue weighted by molar-refractivity contribution is 5.60. The van der Waals surface area contributed by atoms with Gasteiger partial charge in [-0.1, -0.05) is 24.3 Å². The molecule has 17 heavy (non-hydrogen) atoms. The number of aromatic nitrogens is 3. The Morgan fingerprint density at radius 1 is 1.29 bits per heavy atom. The van der Waals surface area contributed by atoms with E-state index in [-0.39, 0.29) is 0 Å². The number of fused-ring (bicyclic) bond motifs is 1. The van der Waals surface area contributed by atoms with Crippen molar-refractivity contribution in [1.29, 1.82) is 0 Å². The first-order valence-corrected chi connectivity index (χ1v) is 5.95. The fourth-order valence-corrected chi connectivity index (χ4v) is 2.39. The lowest BCUT2D eigenvalue weighted by molar-refractivity contribution is 0.0796. The van der Waals surface area contributed by atoms with E-state index in [0.717, 1.165) is 42.0 Å². The van der Waals surface area contributed by atoms with Crippen molar-refractivity contribution in [3.8, 4) is 11.4 Å². The van der Waals surface area contributed by atoms with Crippen LogP contribution in [-0.4, -0.2) is 19.9 Å². The second-order valence-corrected chi connectivity index (χ2v) is 4.50. The van der Waals surface area contributed by atoms with Gasteiger partial charge < -0.3 is 5.11 Å². The Hall–Kier alpha value is -1.68. The average Bonchev–Trinajstić information content (AvgIpc) is 2.75. The second-order valence-electron chi connectivity index (χ2n) is 4.50. The summed E-state index contributed by atoms with van der Waals surface area (Å²) in [6.45, 7) is 2.05. The van der Waals surface area contributed by atoms with Crippen molar-refractivity contribution in [2.45, 2.75) is 32.4 Å². The Kier molecular flexibility index (Phi) is 2.44. The van der Waals surface area contributed by atoms with Gasteiger partial charge in [0, 0.05) is 12.0 Å². The quantitative estimate of drug-likeness (QED) is 0.814. The zero-order valence-electron chi connectivity index (χ0n) is 9.80. The van der Waals surface area contributed by atoms with Crippen LogP contribution >= 0.6 is 0 Å². The summed E-state index contributed by atoms with van der Waals surface area (Å²) < 4.78 is 1.87. The molecule has 1 unspecified atom stereocenters. The molecule has 0 bridgehead atoms. The Bertz CT molecular complexity index is 547. The van der Waals surface area contributed by atoms with Crippen LogP contribution in [0.4, 0.5) is 0 Å². The van der Waals surface area contributed by atoms with Gasteiger partial charge in [0.1, 0.15) is 12.1 Å². The largest absolute Gasteiger partial charge is 0.373 e. The number of nitrogens with zero attached hydrogens (tertiary/aromatic N) is 3. The number of aliphatic hydroxyl groups excluding tert-OH is 1. The van der Waals surface area contributed by atoms with Crippen LogP contribution in [0.1, 0.15) is 30.5 Å². The van der Waals surface area contributed by atoms with Crippen LogP contribution in [0.15, 0.2) is 24.3 Å². The fraction of sp³-hybridized carbons (Fsp3) is 0.385. The van der Waals surface area contributed by atoms with Gasteiger partial charge in [0.15, 0.2) is 5.82 Å². The topological polar surface area (TPSA) is 50.9 Å². The van der Waals surface area contributed by atoms with E-state index in [2.05, 4.69) is 10.2 Å². The summed E-state index contributed by atoms with van der Waals surface area (Å²) in [7, 11) is 0. The summed E-state index contributed by atoms with van der Waals surface area (Å²) in [5.74, 6) is 1.67. The van der Waals surface area contributed by atoms with Gasteiger partial charge in [-0.2, -0.15) is 0 Å². The van der Waals surface area contributed by atoms with Crippen molar-refractivity contribution in [2.75, 3.05) is 0 Å². The van der Waals surface area contributed by atoms with Crippen molar-refractivity contribution >= 4 is 0 Å². The molecule has 0 fully saturated rings. The maximum atomic E-state index is 10.1. The van der Waals surface area contributed by atoms with E-state index < -0.39 is 6.23 Å². The summed E-state index contributed by atoms with van der Waals surface area (Å²) in [4.78, 5) is 0. The monoisotopic (exact) mass is 229 g/mol. The molecule has 4 nitrogen and oxygen atoms in total. The van der Waals surface area contributed by atoms with Crippen molar-refractivity contribution in [3.63, 3.8) is 0 Å². The zero-order valence-corrected chi connectivity index (χ0v) is 9.80. The third-order valence-corrected chi connectivity index (χ3v) is 3.31. The molecule has 2 aromatic rings. The summed E-state index contributed by atoms with van der Waals surface area (Å²) in [5, 5.41) is 18.5. The molecule has 4 heteroatoms. The zero-order chi connectivity index (χ0) is 11.8. The molecule has 0 spiro atoms. The maximum Gasteiger partial charge on any atom is 0.166 e. The first-order chi connectivity index (χ1) is 8.27. The van der Waals surface area contributed by atoms with Crippen LogP contribution in [0, 0.1) is 6.92 Å². The molecule has 88 valence electrons. The first kappa shape index (κ1) is 10.5. The highest BCUT2D eigenvalue weighted by atomic mass is 16.3. The molecule has 0 saturated heterocycles. The van der Waals surface area contributed by atoms with E-state index in [9.17, 15) is 5.11 Å². The minimum Gasteiger partial charge on any atom is -0.373 e. The predicted octanol–water partition coefficient (Wildman–Crippen LogP) is 2.08. The highest BCUT2D eigenvalue weighted by Gasteiger charge is 2.23. The number of hydrogen-bond donors (Lipinski definition) is 1. The lowest BCUT2D eigenvalue weighted by atomic mass is 10.1. The molecule has 0 aliphatic carbocycles. The van der Waals surface area contributed by atoms with Gasteiger partial charge in [-0.3, -0.25) is 4.57 Å². The van der Waals surface area contributed by atoms with Crippen LogP contribution in [0.25, 0.3) is 11.4 Å². The van der Waals surface area contributed by atoms with E-state index >= 15 is 0 Å². The van der Waals surface area contributed by atoms with Crippen molar-refractivity contribution < 1.29 is 5.11 Å². The molecule has 1 atom stereocenters. The average molecular weight is 229 g/mol. The molecule has 2 heterocycles. The van der Waals surface area contributed by atoms with Crippen LogP contribution in [-0.2, 0) is 6.42 Å². The van der Waals surface area contributed by atoms with E-state index in [4.69, 9.17) is 0 Å². The third kappa shape index (κ3) is 1.65. The second kappa shape index (κ2) is 3.96. The van der Waals surface area contributed by atoms with Gasteiger partial charge in [0.25, 0.3) is 0 Å². The van der Waals surface area contributed by atoms with Crippen LogP contribution in [0.5, 0.6) is 0 Å². The Labute approximate surface area is 99.9 Å². The summed E-state index contributed by atoms with van der Waals surface area (Å²) in [6.07, 6.45) is 2.18. The van der Waals surface area contributed by atoms with E-state index in [1.165, 1.54) is 0 Å². The highest BCUT2D eigenvalue weighted by Crippen LogP contribution is 2.29. The van der Waals surface area contributed by atoms with Gasteiger partial charge in [-0.05, 0) is 25.3 Å². The third-order valence-electron chi connectivity index (χ3n) is 3.31. The van der Waals surface area contributed by atoms with Crippen LogP contribution in [0.2, 0.25) is 0 Å². The number of aliphatic hydroxyl groups is 1. The smallest absolute Gasteiger partial charge is 0.166 e. The fourth-order valence-electron chi connectivity index (χ4n) is 2.39. The first-order valence-electron chi connectivity index (χ1n) is 5.95. The maximum absolute atomic E-state index is 10.1. The lowest BCUT2D eigenvalue weighted by Crippen LogP contribution is -2.18. The molecule has 1 N–H and O–H groups in total. The Balaban J connectivity index is 2.17. The standard InChI is InChI=1S/C13H15N3O/c1-9-5-2-3-6-10(9)13-15-14-11-7-4-8-12(17)16(11)13/h2-3,5-6,12,17H,4,7-8H2,1H3. The van der Waals surface area contributed by atoms with E-state index in [1.807, 2.05) is 35.8 Å². The van der Waals surface area contributed by atoms with Gasteiger partial charge in [-0.25, -0.2) is 0 Å². The SMILES string of the molecule is Cc1ccccc1-c1nnc2n1C(O)CCC2. The van der Waals surface area contributed by atoms with Crippen molar-refractivity contribution in [2.24, 2.45) is 0 Å². The summed E-state index contributed by atoms with van der Waals surface area (Å²) >= 11 is 0. The Morgan fingerprint density at radius 2 is 2.12 bits per heavy atom. The summed E-state index contributed by atoms with van der Waals surface area (Å²) in [6, 6.07) is 8.06. The number of benzene rings is 1.